The minimum Gasteiger partial charge on any atom is -0.307 e. The van der Waals surface area contributed by atoms with Crippen molar-refractivity contribution < 1.29 is 0 Å². The number of hydrogen-bond donors (Lipinski definition) is 1. The lowest BCUT2D eigenvalue weighted by atomic mass is 9.89. The molecule has 0 aromatic carbocycles. The predicted octanol–water partition coefficient (Wildman–Crippen LogP) is 3.33. The Balaban J connectivity index is 3.25. The fraction of sp³-hybridized carbons (Fsp3) is 0.800. The summed E-state index contributed by atoms with van der Waals surface area (Å²) < 4.78 is 2.00. The summed E-state index contributed by atoms with van der Waals surface area (Å²) in [6.07, 6.45) is 1.75. The maximum absolute atomic E-state index is 6.41. The molecule has 0 fully saturated rings. The summed E-state index contributed by atoms with van der Waals surface area (Å²) >= 11 is 6.41. The normalized spacial score (nSPS) is 14.0. The van der Waals surface area contributed by atoms with Gasteiger partial charge in [0, 0.05) is 12.1 Å². The van der Waals surface area contributed by atoms with Crippen LogP contribution in [-0.4, -0.2) is 39.9 Å². The molecule has 0 bridgehead atoms. The van der Waals surface area contributed by atoms with Gasteiger partial charge in [-0.05, 0) is 40.4 Å². The molecular weight excluding hydrogens is 272 g/mol. The Labute approximate surface area is 128 Å². The fourth-order valence-electron chi connectivity index (χ4n) is 3.02. The third-order valence-corrected chi connectivity index (χ3v) is 4.39. The third-order valence-electron chi connectivity index (χ3n) is 4.10. The first kappa shape index (κ1) is 17.5. The lowest BCUT2D eigenvalue weighted by Gasteiger charge is -2.44. The molecule has 1 heterocycles. The number of aryl methyl sites for hydroxylation is 1. The molecule has 20 heavy (non-hydrogen) atoms. The van der Waals surface area contributed by atoms with Crippen LogP contribution in [0.3, 0.4) is 0 Å². The van der Waals surface area contributed by atoms with E-state index in [1.54, 1.807) is 6.20 Å². The van der Waals surface area contributed by atoms with E-state index in [2.05, 4.69) is 56.9 Å². The molecule has 116 valence electrons. The first-order valence-electron chi connectivity index (χ1n) is 7.63. The quantitative estimate of drug-likeness (QED) is 0.799. The van der Waals surface area contributed by atoms with Crippen LogP contribution in [0.15, 0.2) is 6.20 Å². The van der Waals surface area contributed by atoms with Crippen molar-refractivity contribution in [3.8, 4) is 0 Å². The second-order valence-corrected chi connectivity index (χ2v) is 5.92. The Morgan fingerprint density at radius 1 is 1.30 bits per heavy atom. The van der Waals surface area contributed by atoms with Gasteiger partial charge in [0.25, 0.3) is 0 Å². The molecule has 0 radical (unpaired) electrons. The minimum atomic E-state index is -0.0316. The summed E-state index contributed by atoms with van der Waals surface area (Å²) in [6.45, 7) is 16.9. The summed E-state index contributed by atoms with van der Waals surface area (Å²) in [4.78, 5) is 2.46. The van der Waals surface area contributed by atoms with Crippen molar-refractivity contribution in [2.24, 2.45) is 0 Å². The minimum absolute atomic E-state index is 0.0316. The van der Waals surface area contributed by atoms with Gasteiger partial charge >= 0.3 is 0 Å². The van der Waals surface area contributed by atoms with E-state index in [0.717, 1.165) is 36.9 Å². The molecule has 0 aliphatic heterocycles. The highest BCUT2D eigenvalue weighted by atomic mass is 35.5. The van der Waals surface area contributed by atoms with Crippen molar-refractivity contribution in [3.05, 3.63) is 16.9 Å². The average molecular weight is 301 g/mol. The van der Waals surface area contributed by atoms with E-state index in [9.17, 15) is 0 Å². The number of likely N-dealkylation sites (N-methyl/N-ethyl adjacent to an activating group) is 2. The lowest BCUT2D eigenvalue weighted by molar-refractivity contribution is 0.0882. The van der Waals surface area contributed by atoms with Gasteiger partial charge in [-0.3, -0.25) is 9.58 Å². The van der Waals surface area contributed by atoms with Crippen LogP contribution in [0.2, 0.25) is 5.02 Å². The fourth-order valence-corrected chi connectivity index (χ4v) is 3.27. The summed E-state index contributed by atoms with van der Waals surface area (Å²) in [6, 6.07) is 0.155. The molecule has 0 aliphatic rings. The molecule has 1 rings (SSSR count). The summed E-state index contributed by atoms with van der Waals surface area (Å²) in [5.41, 5.74) is 1.06. The Morgan fingerprint density at radius 3 is 2.35 bits per heavy atom. The van der Waals surface area contributed by atoms with E-state index < -0.39 is 0 Å². The zero-order valence-corrected chi connectivity index (χ0v) is 14.5. The lowest BCUT2D eigenvalue weighted by Crippen LogP contribution is -2.53. The van der Waals surface area contributed by atoms with Crippen molar-refractivity contribution in [3.63, 3.8) is 0 Å². The first-order valence-corrected chi connectivity index (χ1v) is 8.01. The van der Waals surface area contributed by atoms with Gasteiger partial charge < -0.3 is 5.32 Å². The molecule has 1 aromatic rings. The maximum atomic E-state index is 6.41. The largest absolute Gasteiger partial charge is 0.307 e. The van der Waals surface area contributed by atoms with Crippen LogP contribution in [0.4, 0.5) is 0 Å². The Hall–Kier alpha value is -0.580. The van der Waals surface area contributed by atoms with Crippen LogP contribution in [-0.2, 0) is 6.54 Å². The van der Waals surface area contributed by atoms with Crippen LogP contribution in [0.5, 0.6) is 0 Å². The highest BCUT2D eigenvalue weighted by molar-refractivity contribution is 6.31. The van der Waals surface area contributed by atoms with Crippen LogP contribution in [0.1, 0.15) is 53.3 Å². The Bertz CT molecular complexity index is 410. The van der Waals surface area contributed by atoms with Crippen LogP contribution < -0.4 is 5.32 Å². The van der Waals surface area contributed by atoms with Crippen LogP contribution in [0, 0.1) is 0 Å². The van der Waals surface area contributed by atoms with Gasteiger partial charge in [-0.1, -0.05) is 32.4 Å². The second kappa shape index (κ2) is 7.43. The molecule has 1 aromatic heterocycles. The zero-order valence-electron chi connectivity index (χ0n) is 13.7. The summed E-state index contributed by atoms with van der Waals surface area (Å²) in [7, 11) is 0. The van der Waals surface area contributed by atoms with Crippen molar-refractivity contribution in [2.75, 3.05) is 19.6 Å². The van der Waals surface area contributed by atoms with Gasteiger partial charge in [-0.2, -0.15) is 5.10 Å². The predicted molar refractivity (Wildman–Crippen MR) is 86.3 cm³/mol. The third kappa shape index (κ3) is 3.35. The number of aromatic nitrogens is 2. The van der Waals surface area contributed by atoms with Gasteiger partial charge in [-0.15, -0.1) is 0 Å². The van der Waals surface area contributed by atoms with E-state index in [-0.39, 0.29) is 11.6 Å². The van der Waals surface area contributed by atoms with E-state index in [4.69, 9.17) is 11.6 Å². The monoisotopic (exact) mass is 300 g/mol. The molecule has 0 saturated carbocycles. The van der Waals surface area contributed by atoms with Gasteiger partial charge in [-0.25, -0.2) is 0 Å². The average Bonchev–Trinajstić information content (AvgIpc) is 2.77. The molecule has 1 atom stereocenters. The van der Waals surface area contributed by atoms with Crippen molar-refractivity contribution in [1.29, 1.82) is 0 Å². The molecule has 4 nitrogen and oxygen atoms in total. The molecule has 0 amide bonds. The van der Waals surface area contributed by atoms with Crippen LogP contribution in [0.25, 0.3) is 0 Å². The van der Waals surface area contributed by atoms with E-state index in [1.807, 2.05) is 4.68 Å². The maximum Gasteiger partial charge on any atom is 0.0834 e. The molecule has 1 unspecified atom stereocenters. The van der Waals surface area contributed by atoms with E-state index in [0.29, 0.717) is 0 Å². The van der Waals surface area contributed by atoms with Gasteiger partial charge in [0.2, 0.25) is 0 Å². The van der Waals surface area contributed by atoms with Crippen molar-refractivity contribution in [2.45, 2.75) is 59.7 Å². The Morgan fingerprint density at radius 2 is 1.90 bits per heavy atom. The van der Waals surface area contributed by atoms with Crippen molar-refractivity contribution in [1.82, 2.24) is 20.0 Å². The Kier molecular flexibility index (Phi) is 6.49. The molecule has 0 aliphatic carbocycles. The number of rotatable bonds is 8. The number of nitrogens with zero attached hydrogens (tertiary/aromatic N) is 3. The first-order chi connectivity index (χ1) is 9.43. The van der Waals surface area contributed by atoms with Gasteiger partial charge in [0.1, 0.15) is 0 Å². The molecule has 0 saturated heterocycles. The summed E-state index contributed by atoms with van der Waals surface area (Å²) in [5.74, 6) is 0. The van der Waals surface area contributed by atoms with Crippen molar-refractivity contribution >= 4 is 11.6 Å². The summed E-state index contributed by atoms with van der Waals surface area (Å²) in [5, 5.41) is 8.74. The van der Waals surface area contributed by atoms with Crippen LogP contribution >= 0.6 is 11.6 Å². The van der Waals surface area contributed by atoms with Gasteiger partial charge in [0.05, 0.1) is 23.0 Å². The van der Waals surface area contributed by atoms with E-state index >= 15 is 0 Å². The molecular formula is C15H29ClN4. The SMILES string of the molecule is CCNC(c1c(Cl)cnn1CC)C(C)(C)N(CC)CC. The van der Waals surface area contributed by atoms with E-state index in [1.165, 1.54) is 0 Å². The highest BCUT2D eigenvalue weighted by Crippen LogP contribution is 2.34. The molecule has 0 spiro atoms. The number of nitrogens with one attached hydrogen (secondary N) is 1. The standard InChI is InChI=1S/C15H29ClN4/c1-7-17-14(15(5,6)19(8-2)9-3)13-12(16)11-18-20(13)10-4/h11,14,17H,7-10H2,1-6H3. The molecule has 1 N–H and O–H groups in total. The zero-order chi connectivity index (χ0) is 15.3. The molecule has 5 heteroatoms. The smallest absolute Gasteiger partial charge is 0.0834 e. The van der Waals surface area contributed by atoms with Gasteiger partial charge in [0.15, 0.2) is 0 Å². The second-order valence-electron chi connectivity index (χ2n) is 5.51. The topological polar surface area (TPSA) is 33.1 Å². The highest BCUT2D eigenvalue weighted by Gasteiger charge is 2.37. The number of halogens is 1. The number of hydrogen-bond acceptors (Lipinski definition) is 3.